The zero-order valence-corrected chi connectivity index (χ0v) is 8.14. The van der Waals surface area contributed by atoms with Crippen LogP contribution in [0.5, 0.6) is 0 Å². The standard InChI is InChI=1S/C8H6ClN3S/c9-7-2-1-6(13-7)5-3-8(10)12-4-11-5/h1-4H,(H2,10,11,12). The first-order valence-electron chi connectivity index (χ1n) is 3.59. The Morgan fingerprint density at radius 3 is 2.77 bits per heavy atom. The molecule has 13 heavy (non-hydrogen) atoms. The van der Waals surface area contributed by atoms with Crippen molar-refractivity contribution in [3.63, 3.8) is 0 Å². The quantitative estimate of drug-likeness (QED) is 0.788. The van der Waals surface area contributed by atoms with Gasteiger partial charge in [-0.05, 0) is 12.1 Å². The smallest absolute Gasteiger partial charge is 0.127 e. The lowest BCUT2D eigenvalue weighted by atomic mass is 10.3. The molecule has 0 aliphatic carbocycles. The van der Waals surface area contributed by atoms with Crippen molar-refractivity contribution in [2.24, 2.45) is 0 Å². The average Bonchev–Trinajstić information content (AvgIpc) is 2.52. The van der Waals surface area contributed by atoms with Gasteiger partial charge in [-0.2, -0.15) is 0 Å². The predicted octanol–water partition coefficient (Wildman–Crippen LogP) is 2.44. The lowest BCUT2D eigenvalue weighted by Gasteiger charge is -1.95. The van der Waals surface area contributed by atoms with E-state index in [0.29, 0.717) is 5.82 Å². The van der Waals surface area contributed by atoms with Gasteiger partial charge in [-0.1, -0.05) is 11.6 Å². The molecule has 0 fully saturated rings. The van der Waals surface area contributed by atoms with Crippen LogP contribution in [0.15, 0.2) is 24.5 Å². The molecule has 2 aromatic rings. The van der Waals surface area contributed by atoms with Gasteiger partial charge in [0, 0.05) is 6.07 Å². The zero-order chi connectivity index (χ0) is 9.26. The molecule has 0 aliphatic heterocycles. The molecule has 2 aromatic heterocycles. The molecule has 0 aliphatic rings. The van der Waals surface area contributed by atoms with E-state index in [1.54, 1.807) is 6.07 Å². The van der Waals surface area contributed by atoms with Crippen LogP contribution >= 0.6 is 22.9 Å². The van der Waals surface area contributed by atoms with Crippen LogP contribution in [0, 0.1) is 0 Å². The molecule has 0 saturated heterocycles. The van der Waals surface area contributed by atoms with Crippen molar-refractivity contribution in [3.8, 4) is 10.6 Å². The van der Waals surface area contributed by atoms with Crippen molar-refractivity contribution < 1.29 is 0 Å². The molecule has 0 unspecified atom stereocenters. The van der Waals surface area contributed by atoms with Gasteiger partial charge in [-0.3, -0.25) is 0 Å². The van der Waals surface area contributed by atoms with Crippen LogP contribution in [0.4, 0.5) is 5.82 Å². The number of thiophene rings is 1. The summed E-state index contributed by atoms with van der Waals surface area (Å²) in [6.45, 7) is 0. The van der Waals surface area contributed by atoms with E-state index >= 15 is 0 Å². The van der Waals surface area contributed by atoms with Crippen LogP contribution in [0.3, 0.4) is 0 Å². The topological polar surface area (TPSA) is 51.8 Å². The van der Waals surface area contributed by atoms with E-state index in [1.807, 2.05) is 12.1 Å². The number of halogens is 1. The fourth-order valence-corrected chi connectivity index (χ4v) is 1.97. The first-order chi connectivity index (χ1) is 6.25. The number of aromatic nitrogens is 2. The predicted molar refractivity (Wildman–Crippen MR) is 54.8 cm³/mol. The second kappa shape index (κ2) is 3.32. The highest BCUT2D eigenvalue weighted by Crippen LogP contribution is 2.29. The number of anilines is 1. The summed E-state index contributed by atoms with van der Waals surface area (Å²) in [6.07, 6.45) is 1.44. The summed E-state index contributed by atoms with van der Waals surface area (Å²) in [5.74, 6) is 0.467. The largest absolute Gasteiger partial charge is 0.384 e. The molecule has 0 saturated carbocycles. The number of nitrogens with zero attached hydrogens (tertiary/aromatic N) is 2. The summed E-state index contributed by atoms with van der Waals surface area (Å²) in [7, 11) is 0. The molecule has 2 rings (SSSR count). The van der Waals surface area contributed by atoms with Crippen molar-refractivity contribution in [1.29, 1.82) is 0 Å². The summed E-state index contributed by atoms with van der Waals surface area (Å²) in [6, 6.07) is 5.47. The molecular formula is C8H6ClN3S. The molecule has 3 nitrogen and oxygen atoms in total. The first kappa shape index (κ1) is 8.47. The lowest BCUT2D eigenvalue weighted by Crippen LogP contribution is -1.91. The highest BCUT2D eigenvalue weighted by molar-refractivity contribution is 7.19. The summed E-state index contributed by atoms with van der Waals surface area (Å²) >= 11 is 7.26. The van der Waals surface area contributed by atoms with Crippen LogP contribution in [0.1, 0.15) is 0 Å². The van der Waals surface area contributed by atoms with E-state index in [-0.39, 0.29) is 0 Å². The Hall–Kier alpha value is -1.13. The molecule has 0 amide bonds. The molecule has 2 heterocycles. The fraction of sp³-hybridized carbons (Fsp3) is 0. The van der Waals surface area contributed by atoms with Gasteiger partial charge in [0.15, 0.2) is 0 Å². The van der Waals surface area contributed by atoms with Gasteiger partial charge in [-0.15, -0.1) is 11.3 Å². The molecule has 0 spiro atoms. The van der Waals surface area contributed by atoms with E-state index in [9.17, 15) is 0 Å². The van der Waals surface area contributed by atoms with Crippen molar-refractivity contribution in [2.75, 3.05) is 5.73 Å². The van der Waals surface area contributed by atoms with Crippen LogP contribution in [-0.2, 0) is 0 Å². The van der Waals surface area contributed by atoms with Crippen LogP contribution < -0.4 is 5.73 Å². The second-order valence-corrected chi connectivity index (χ2v) is 4.15. The van der Waals surface area contributed by atoms with Gasteiger partial charge in [0.05, 0.1) is 14.9 Å². The highest BCUT2D eigenvalue weighted by atomic mass is 35.5. The maximum Gasteiger partial charge on any atom is 0.127 e. The Bertz CT molecular complexity index is 427. The minimum absolute atomic E-state index is 0.467. The number of hydrogen-bond donors (Lipinski definition) is 1. The zero-order valence-electron chi connectivity index (χ0n) is 6.57. The molecule has 0 aromatic carbocycles. The van der Waals surface area contributed by atoms with Gasteiger partial charge < -0.3 is 5.73 Å². The SMILES string of the molecule is Nc1cc(-c2ccc(Cl)s2)ncn1. The van der Waals surface area contributed by atoms with Crippen LogP contribution in [0.25, 0.3) is 10.6 Å². The third kappa shape index (κ3) is 1.79. The van der Waals surface area contributed by atoms with Gasteiger partial charge in [-0.25, -0.2) is 9.97 Å². The molecule has 2 N–H and O–H groups in total. The molecule has 0 radical (unpaired) electrons. The number of hydrogen-bond acceptors (Lipinski definition) is 4. The minimum atomic E-state index is 0.467. The van der Waals surface area contributed by atoms with Crippen molar-refractivity contribution >= 4 is 28.8 Å². The van der Waals surface area contributed by atoms with Crippen LogP contribution in [-0.4, -0.2) is 9.97 Å². The van der Waals surface area contributed by atoms with Gasteiger partial charge in [0.25, 0.3) is 0 Å². The third-order valence-electron chi connectivity index (χ3n) is 1.51. The normalized spacial score (nSPS) is 10.2. The Morgan fingerprint density at radius 1 is 1.31 bits per heavy atom. The van der Waals surface area contributed by atoms with E-state index in [2.05, 4.69) is 9.97 Å². The Labute approximate surface area is 84.2 Å². The fourth-order valence-electron chi connectivity index (χ4n) is 0.959. The number of nitrogen functional groups attached to an aromatic ring is 1. The van der Waals surface area contributed by atoms with E-state index < -0.39 is 0 Å². The van der Waals surface area contributed by atoms with Crippen molar-refractivity contribution in [3.05, 3.63) is 28.9 Å². The molecule has 0 bridgehead atoms. The molecule has 0 atom stereocenters. The molecule has 5 heteroatoms. The molecular weight excluding hydrogens is 206 g/mol. The van der Waals surface area contributed by atoms with E-state index in [0.717, 1.165) is 14.9 Å². The summed E-state index contributed by atoms with van der Waals surface area (Å²) in [4.78, 5) is 8.89. The Kier molecular flexibility index (Phi) is 2.16. The van der Waals surface area contributed by atoms with Crippen molar-refractivity contribution in [1.82, 2.24) is 9.97 Å². The van der Waals surface area contributed by atoms with Crippen LogP contribution in [0.2, 0.25) is 4.34 Å². The van der Waals surface area contributed by atoms with E-state index in [1.165, 1.54) is 17.7 Å². The monoisotopic (exact) mass is 211 g/mol. The number of nitrogens with two attached hydrogens (primary N) is 1. The number of rotatable bonds is 1. The summed E-state index contributed by atoms with van der Waals surface area (Å²) < 4.78 is 0.743. The summed E-state index contributed by atoms with van der Waals surface area (Å²) in [5, 5.41) is 0. The highest BCUT2D eigenvalue weighted by Gasteiger charge is 2.02. The Morgan fingerprint density at radius 2 is 2.15 bits per heavy atom. The first-order valence-corrected chi connectivity index (χ1v) is 4.78. The summed E-state index contributed by atoms with van der Waals surface area (Å²) in [5.41, 5.74) is 6.33. The second-order valence-electron chi connectivity index (χ2n) is 2.43. The maximum atomic E-state index is 5.79. The third-order valence-corrected chi connectivity index (χ3v) is 2.77. The van der Waals surface area contributed by atoms with Gasteiger partial charge in [0.1, 0.15) is 12.1 Å². The average molecular weight is 212 g/mol. The Balaban J connectivity index is 2.46. The maximum absolute atomic E-state index is 5.79. The molecule has 66 valence electrons. The van der Waals surface area contributed by atoms with E-state index in [4.69, 9.17) is 17.3 Å². The van der Waals surface area contributed by atoms with Gasteiger partial charge in [0.2, 0.25) is 0 Å². The lowest BCUT2D eigenvalue weighted by molar-refractivity contribution is 1.19. The minimum Gasteiger partial charge on any atom is -0.384 e. The van der Waals surface area contributed by atoms with Gasteiger partial charge >= 0.3 is 0 Å². The van der Waals surface area contributed by atoms with Crippen molar-refractivity contribution in [2.45, 2.75) is 0 Å².